The highest BCUT2D eigenvalue weighted by Gasteiger charge is 2.20. The minimum atomic E-state index is 0.570. The first-order chi connectivity index (χ1) is 8.25. The van der Waals surface area contributed by atoms with E-state index >= 15 is 0 Å². The fourth-order valence-electron chi connectivity index (χ4n) is 2.16. The smallest absolute Gasteiger partial charge is 0.223 e. The van der Waals surface area contributed by atoms with Gasteiger partial charge in [-0.1, -0.05) is 5.16 Å². The molecule has 0 atom stereocenters. The van der Waals surface area contributed by atoms with E-state index in [2.05, 4.69) is 32.2 Å². The number of aromatic nitrogens is 4. The molecule has 0 amide bonds. The summed E-state index contributed by atoms with van der Waals surface area (Å²) in [4.78, 5) is 4.23. The van der Waals surface area contributed by atoms with Crippen LogP contribution in [0.2, 0.25) is 0 Å². The van der Waals surface area contributed by atoms with Gasteiger partial charge in [-0.05, 0) is 19.9 Å². The minimum absolute atomic E-state index is 0.570. The second kappa shape index (κ2) is 3.96. The standard InChI is InChI=1S/C11H15N5O/c1-7-9-6-12-4-3-5-16(9)14-10(7)11-13-8(2)17-15-11/h12H,3-6H2,1-2H3. The van der Waals surface area contributed by atoms with Crippen molar-refractivity contribution in [1.29, 1.82) is 0 Å². The number of nitrogens with zero attached hydrogens (tertiary/aromatic N) is 4. The second-order valence-electron chi connectivity index (χ2n) is 4.31. The first kappa shape index (κ1) is 10.5. The van der Waals surface area contributed by atoms with Gasteiger partial charge in [-0.25, -0.2) is 0 Å². The maximum absolute atomic E-state index is 5.00. The van der Waals surface area contributed by atoms with Crippen LogP contribution >= 0.6 is 0 Å². The molecule has 3 heterocycles. The minimum Gasteiger partial charge on any atom is -0.339 e. The van der Waals surface area contributed by atoms with Crippen molar-refractivity contribution in [2.24, 2.45) is 0 Å². The number of aryl methyl sites for hydroxylation is 2. The van der Waals surface area contributed by atoms with Gasteiger partial charge < -0.3 is 9.84 Å². The Hall–Kier alpha value is -1.69. The summed E-state index contributed by atoms with van der Waals surface area (Å²) in [6, 6.07) is 0. The molecule has 1 aliphatic heterocycles. The fraction of sp³-hybridized carbons (Fsp3) is 0.545. The molecular weight excluding hydrogens is 218 g/mol. The third kappa shape index (κ3) is 1.74. The Morgan fingerprint density at radius 3 is 3.00 bits per heavy atom. The van der Waals surface area contributed by atoms with Gasteiger partial charge in [-0.2, -0.15) is 10.1 Å². The number of nitrogens with one attached hydrogen (secondary N) is 1. The monoisotopic (exact) mass is 233 g/mol. The number of fused-ring (bicyclic) bond motifs is 1. The zero-order chi connectivity index (χ0) is 11.8. The lowest BCUT2D eigenvalue weighted by atomic mass is 10.2. The van der Waals surface area contributed by atoms with Gasteiger partial charge in [0.1, 0.15) is 5.69 Å². The number of hydrogen-bond acceptors (Lipinski definition) is 5. The van der Waals surface area contributed by atoms with E-state index in [1.165, 1.54) is 5.69 Å². The predicted octanol–water partition coefficient (Wildman–Crippen LogP) is 1.04. The molecule has 0 bridgehead atoms. The zero-order valence-electron chi connectivity index (χ0n) is 10.0. The quantitative estimate of drug-likeness (QED) is 0.797. The van der Waals surface area contributed by atoms with Crippen molar-refractivity contribution in [2.75, 3.05) is 6.54 Å². The van der Waals surface area contributed by atoms with Gasteiger partial charge in [0.05, 0.1) is 5.69 Å². The van der Waals surface area contributed by atoms with Crippen LogP contribution < -0.4 is 5.32 Å². The zero-order valence-corrected chi connectivity index (χ0v) is 10.0. The third-order valence-corrected chi connectivity index (χ3v) is 3.08. The molecule has 3 rings (SSSR count). The third-order valence-electron chi connectivity index (χ3n) is 3.08. The van der Waals surface area contributed by atoms with Crippen molar-refractivity contribution >= 4 is 0 Å². The van der Waals surface area contributed by atoms with Crippen LogP contribution in [0.15, 0.2) is 4.52 Å². The van der Waals surface area contributed by atoms with E-state index in [0.717, 1.165) is 37.3 Å². The summed E-state index contributed by atoms with van der Waals surface area (Å²) in [7, 11) is 0. The molecule has 0 saturated carbocycles. The highest BCUT2D eigenvalue weighted by Crippen LogP contribution is 2.23. The maximum Gasteiger partial charge on any atom is 0.223 e. The van der Waals surface area contributed by atoms with Crippen molar-refractivity contribution in [3.05, 3.63) is 17.1 Å². The fourth-order valence-corrected chi connectivity index (χ4v) is 2.16. The van der Waals surface area contributed by atoms with Gasteiger partial charge in [0, 0.05) is 25.6 Å². The number of hydrogen-bond donors (Lipinski definition) is 1. The molecule has 1 aliphatic rings. The first-order valence-corrected chi connectivity index (χ1v) is 5.83. The average Bonchev–Trinajstić information content (AvgIpc) is 2.76. The Kier molecular flexibility index (Phi) is 2.44. The molecular formula is C11H15N5O. The highest BCUT2D eigenvalue weighted by atomic mass is 16.5. The van der Waals surface area contributed by atoms with Gasteiger partial charge in [-0.3, -0.25) is 4.68 Å². The van der Waals surface area contributed by atoms with E-state index < -0.39 is 0 Å². The van der Waals surface area contributed by atoms with Gasteiger partial charge in [0.2, 0.25) is 11.7 Å². The van der Waals surface area contributed by atoms with Crippen LogP contribution in [0.5, 0.6) is 0 Å². The molecule has 2 aromatic rings. The molecule has 1 N–H and O–H groups in total. The summed E-state index contributed by atoms with van der Waals surface area (Å²) in [6.07, 6.45) is 1.10. The molecule has 0 spiro atoms. The van der Waals surface area contributed by atoms with Gasteiger partial charge >= 0.3 is 0 Å². The lowest BCUT2D eigenvalue weighted by Crippen LogP contribution is -2.12. The predicted molar refractivity (Wildman–Crippen MR) is 61.3 cm³/mol. The largest absolute Gasteiger partial charge is 0.339 e. The van der Waals surface area contributed by atoms with E-state index in [1.54, 1.807) is 6.92 Å². The Labute approximate surface area is 99.0 Å². The van der Waals surface area contributed by atoms with Crippen molar-refractivity contribution in [3.63, 3.8) is 0 Å². The normalized spacial score (nSPS) is 15.6. The summed E-state index contributed by atoms with van der Waals surface area (Å²) in [5.41, 5.74) is 3.20. The molecule has 6 heteroatoms. The van der Waals surface area contributed by atoms with E-state index in [4.69, 9.17) is 4.52 Å². The van der Waals surface area contributed by atoms with Crippen molar-refractivity contribution in [2.45, 2.75) is 33.4 Å². The van der Waals surface area contributed by atoms with Gasteiger partial charge in [0.25, 0.3) is 0 Å². The summed E-state index contributed by atoms with van der Waals surface area (Å²) in [5, 5.41) is 11.9. The molecule has 2 aromatic heterocycles. The maximum atomic E-state index is 5.00. The second-order valence-corrected chi connectivity index (χ2v) is 4.31. The molecule has 0 saturated heterocycles. The van der Waals surface area contributed by atoms with Crippen LogP contribution in [0.3, 0.4) is 0 Å². The highest BCUT2D eigenvalue weighted by molar-refractivity contribution is 5.55. The molecule has 17 heavy (non-hydrogen) atoms. The Morgan fingerprint density at radius 1 is 1.35 bits per heavy atom. The van der Waals surface area contributed by atoms with Crippen molar-refractivity contribution < 1.29 is 4.52 Å². The first-order valence-electron chi connectivity index (χ1n) is 5.83. The van der Waals surface area contributed by atoms with E-state index in [-0.39, 0.29) is 0 Å². The van der Waals surface area contributed by atoms with Crippen LogP contribution in [0.4, 0.5) is 0 Å². The van der Waals surface area contributed by atoms with Gasteiger partial charge in [-0.15, -0.1) is 0 Å². The van der Waals surface area contributed by atoms with Crippen LogP contribution in [-0.2, 0) is 13.1 Å². The Balaban J connectivity index is 2.07. The molecule has 0 aliphatic carbocycles. The molecule has 0 fully saturated rings. The molecule has 6 nitrogen and oxygen atoms in total. The van der Waals surface area contributed by atoms with E-state index in [0.29, 0.717) is 11.7 Å². The summed E-state index contributed by atoms with van der Waals surface area (Å²) in [5.74, 6) is 1.15. The SMILES string of the molecule is Cc1nc(-c2nn3c(c2C)CNCCC3)no1. The number of rotatable bonds is 1. The Bertz CT molecular complexity index is 542. The lowest BCUT2D eigenvalue weighted by Gasteiger charge is -2.00. The van der Waals surface area contributed by atoms with Crippen LogP contribution in [0.25, 0.3) is 11.5 Å². The summed E-state index contributed by atoms with van der Waals surface area (Å²) >= 11 is 0. The van der Waals surface area contributed by atoms with Crippen LogP contribution in [-0.4, -0.2) is 26.5 Å². The molecule has 0 unspecified atom stereocenters. The van der Waals surface area contributed by atoms with E-state index in [1.807, 2.05) is 0 Å². The lowest BCUT2D eigenvalue weighted by molar-refractivity contribution is 0.394. The van der Waals surface area contributed by atoms with Crippen molar-refractivity contribution in [3.8, 4) is 11.5 Å². The average molecular weight is 233 g/mol. The van der Waals surface area contributed by atoms with Crippen LogP contribution in [0, 0.1) is 13.8 Å². The molecule has 0 radical (unpaired) electrons. The molecule has 90 valence electrons. The van der Waals surface area contributed by atoms with Crippen LogP contribution in [0.1, 0.15) is 23.6 Å². The topological polar surface area (TPSA) is 68.8 Å². The van der Waals surface area contributed by atoms with E-state index in [9.17, 15) is 0 Å². The Morgan fingerprint density at radius 2 is 2.24 bits per heavy atom. The molecule has 0 aromatic carbocycles. The van der Waals surface area contributed by atoms with Gasteiger partial charge in [0.15, 0.2) is 0 Å². The summed E-state index contributed by atoms with van der Waals surface area (Å²) in [6.45, 7) is 6.69. The van der Waals surface area contributed by atoms with Crippen molar-refractivity contribution in [1.82, 2.24) is 25.2 Å². The summed E-state index contributed by atoms with van der Waals surface area (Å²) < 4.78 is 7.06.